The maximum absolute atomic E-state index is 11.9. The number of aromatic amines is 1. The van der Waals surface area contributed by atoms with E-state index in [4.69, 9.17) is 0 Å². The molecule has 0 aliphatic heterocycles. The first-order valence-corrected chi connectivity index (χ1v) is 7.22. The van der Waals surface area contributed by atoms with Gasteiger partial charge in [-0.05, 0) is 13.0 Å². The van der Waals surface area contributed by atoms with Crippen LogP contribution in [0.1, 0.15) is 60.2 Å². The molecule has 19 heavy (non-hydrogen) atoms. The predicted molar refractivity (Wildman–Crippen MR) is 82.8 cm³/mol. The third kappa shape index (κ3) is 3.94. The minimum atomic E-state index is -0.0156. The summed E-state index contributed by atoms with van der Waals surface area (Å²) in [5.41, 5.74) is 1.36. The van der Waals surface area contributed by atoms with Crippen molar-refractivity contribution in [1.29, 1.82) is 0 Å². The van der Waals surface area contributed by atoms with E-state index in [1.54, 1.807) is 10.8 Å². The van der Waals surface area contributed by atoms with E-state index in [1.807, 2.05) is 40.7 Å². The van der Waals surface area contributed by atoms with Gasteiger partial charge in [0.05, 0.1) is 5.52 Å². The molecule has 0 unspecified atom stereocenters. The molecule has 0 saturated heterocycles. The van der Waals surface area contributed by atoms with Gasteiger partial charge in [-0.3, -0.25) is 4.79 Å². The number of aryl methyl sites for hydroxylation is 1. The van der Waals surface area contributed by atoms with Crippen molar-refractivity contribution >= 4 is 11.0 Å². The molecule has 0 spiro atoms. The van der Waals surface area contributed by atoms with E-state index in [0.717, 1.165) is 11.3 Å². The lowest BCUT2D eigenvalue weighted by Crippen LogP contribution is -2.18. The average molecular weight is 265 g/mol. The van der Waals surface area contributed by atoms with E-state index in [0.29, 0.717) is 18.0 Å². The van der Waals surface area contributed by atoms with E-state index in [9.17, 15) is 4.79 Å². The van der Waals surface area contributed by atoms with Crippen molar-refractivity contribution in [1.82, 2.24) is 14.5 Å². The van der Waals surface area contributed by atoms with Crippen LogP contribution in [0.15, 0.2) is 17.1 Å². The Morgan fingerprint density at radius 3 is 2.32 bits per heavy atom. The van der Waals surface area contributed by atoms with Gasteiger partial charge in [0.25, 0.3) is 5.56 Å². The fourth-order valence-electron chi connectivity index (χ4n) is 1.58. The molecule has 2 heterocycles. The zero-order valence-electron chi connectivity index (χ0n) is 13.2. The van der Waals surface area contributed by atoms with Crippen molar-refractivity contribution in [3.05, 3.63) is 28.4 Å². The number of pyridine rings is 1. The highest BCUT2D eigenvalue weighted by molar-refractivity contribution is 5.73. The van der Waals surface area contributed by atoms with Crippen LogP contribution in [-0.4, -0.2) is 14.5 Å². The summed E-state index contributed by atoms with van der Waals surface area (Å²) >= 11 is 0. The standard InChI is InChI=1S/C11H15N3O.2C2H6/c1-4-14-6-5-8-9(11(14)15)13-10(12-8)7(2)3;2*1-2/h5-7H,4H2,1-3H3,(H,12,13);2*1-2H3. The number of aromatic nitrogens is 3. The number of nitrogens with zero attached hydrogens (tertiary/aromatic N) is 2. The Hall–Kier alpha value is -1.58. The number of fused-ring (bicyclic) bond motifs is 1. The Bertz CT molecular complexity index is 538. The third-order valence-electron chi connectivity index (χ3n) is 2.52. The fourth-order valence-corrected chi connectivity index (χ4v) is 1.58. The van der Waals surface area contributed by atoms with Gasteiger partial charge in [-0.1, -0.05) is 41.5 Å². The van der Waals surface area contributed by atoms with Crippen LogP contribution in [-0.2, 0) is 6.54 Å². The normalized spacial score (nSPS) is 9.68. The van der Waals surface area contributed by atoms with Crippen molar-refractivity contribution in [3.8, 4) is 0 Å². The zero-order valence-corrected chi connectivity index (χ0v) is 13.2. The molecule has 0 fully saturated rings. The van der Waals surface area contributed by atoms with Gasteiger partial charge in [-0.25, -0.2) is 4.98 Å². The zero-order chi connectivity index (χ0) is 15.0. The van der Waals surface area contributed by atoms with Crippen LogP contribution in [0.2, 0.25) is 0 Å². The van der Waals surface area contributed by atoms with E-state index in [-0.39, 0.29) is 5.56 Å². The number of rotatable bonds is 2. The first kappa shape index (κ1) is 17.4. The van der Waals surface area contributed by atoms with Gasteiger partial charge in [0.1, 0.15) is 5.82 Å². The first-order valence-electron chi connectivity index (χ1n) is 7.22. The maximum Gasteiger partial charge on any atom is 0.278 e. The lowest BCUT2D eigenvalue weighted by molar-refractivity contribution is 0.733. The van der Waals surface area contributed by atoms with Crippen molar-refractivity contribution in [2.75, 3.05) is 0 Å². The lowest BCUT2D eigenvalue weighted by atomic mass is 10.2. The van der Waals surface area contributed by atoms with Gasteiger partial charge < -0.3 is 9.55 Å². The summed E-state index contributed by atoms with van der Waals surface area (Å²) in [6.07, 6.45) is 1.80. The molecule has 2 aromatic heterocycles. The summed E-state index contributed by atoms with van der Waals surface area (Å²) in [6.45, 7) is 14.7. The van der Waals surface area contributed by atoms with Crippen molar-refractivity contribution in [2.45, 2.75) is 60.9 Å². The molecule has 2 aromatic rings. The highest BCUT2D eigenvalue weighted by Gasteiger charge is 2.09. The molecule has 0 aliphatic carbocycles. The molecule has 4 heteroatoms. The summed E-state index contributed by atoms with van der Waals surface area (Å²) in [6, 6.07) is 1.90. The molecular formula is C15H27N3O. The molecule has 1 N–H and O–H groups in total. The Kier molecular flexibility index (Phi) is 7.80. The van der Waals surface area contributed by atoms with Crippen LogP contribution in [0.4, 0.5) is 0 Å². The number of nitrogens with one attached hydrogen (secondary N) is 1. The van der Waals surface area contributed by atoms with Crippen molar-refractivity contribution in [3.63, 3.8) is 0 Å². The lowest BCUT2D eigenvalue weighted by Gasteiger charge is -1.98. The van der Waals surface area contributed by atoms with Crippen molar-refractivity contribution in [2.24, 2.45) is 0 Å². The second-order valence-electron chi connectivity index (χ2n) is 3.95. The average Bonchev–Trinajstić information content (AvgIpc) is 2.89. The van der Waals surface area contributed by atoms with Gasteiger partial charge in [0.15, 0.2) is 5.52 Å². The van der Waals surface area contributed by atoms with Crippen LogP contribution >= 0.6 is 0 Å². The molecular weight excluding hydrogens is 238 g/mol. The predicted octanol–water partition coefficient (Wildman–Crippen LogP) is 3.92. The Labute approximate surface area is 115 Å². The van der Waals surface area contributed by atoms with E-state index in [2.05, 4.69) is 23.8 Å². The minimum Gasteiger partial charge on any atom is -0.342 e. The summed E-state index contributed by atoms with van der Waals surface area (Å²) in [4.78, 5) is 19.4. The summed E-state index contributed by atoms with van der Waals surface area (Å²) in [5.74, 6) is 1.18. The highest BCUT2D eigenvalue weighted by atomic mass is 16.1. The van der Waals surface area contributed by atoms with E-state index >= 15 is 0 Å². The molecule has 0 amide bonds. The van der Waals surface area contributed by atoms with Gasteiger partial charge in [0.2, 0.25) is 0 Å². The van der Waals surface area contributed by atoms with Crippen LogP contribution < -0.4 is 5.56 Å². The number of hydrogen-bond donors (Lipinski definition) is 1. The minimum absolute atomic E-state index is 0.0156. The van der Waals surface area contributed by atoms with Crippen LogP contribution in [0.5, 0.6) is 0 Å². The summed E-state index contributed by atoms with van der Waals surface area (Å²) in [5, 5.41) is 0. The van der Waals surface area contributed by atoms with Crippen LogP contribution in [0.3, 0.4) is 0 Å². The second-order valence-corrected chi connectivity index (χ2v) is 3.95. The Morgan fingerprint density at radius 1 is 1.26 bits per heavy atom. The first-order chi connectivity index (χ1) is 9.13. The van der Waals surface area contributed by atoms with E-state index in [1.165, 1.54) is 0 Å². The molecule has 4 nitrogen and oxygen atoms in total. The van der Waals surface area contributed by atoms with E-state index < -0.39 is 0 Å². The van der Waals surface area contributed by atoms with Crippen LogP contribution in [0.25, 0.3) is 11.0 Å². The van der Waals surface area contributed by atoms with Gasteiger partial charge in [-0.2, -0.15) is 0 Å². The molecule has 108 valence electrons. The highest BCUT2D eigenvalue weighted by Crippen LogP contribution is 2.13. The smallest absolute Gasteiger partial charge is 0.278 e. The maximum atomic E-state index is 11.9. The molecule has 0 saturated carbocycles. The van der Waals surface area contributed by atoms with Crippen LogP contribution in [0, 0.1) is 0 Å². The second kappa shape index (κ2) is 8.51. The Balaban J connectivity index is 0.000000741. The quantitative estimate of drug-likeness (QED) is 0.894. The molecule has 0 aliphatic rings. The topological polar surface area (TPSA) is 50.7 Å². The van der Waals surface area contributed by atoms with Crippen molar-refractivity contribution < 1.29 is 0 Å². The molecule has 0 atom stereocenters. The molecule has 0 bridgehead atoms. The van der Waals surface area contributed by atoms with Gasteiger partial charge >= 0.3 is 0 Å². The number of hydrogen-bond acceptors (Lipinski definition) is 2. The largest absolute Gasteiger partial charge is 0.342 e. The number of H-pyrrole nitrogens is 1. The van der Waals surface area contributed by atoms with Gasteiger partial charge in [0, 0.05) is 18.7 Å². The Morgan fingerprint density at radius 2 is 1.84 bits per heavy atom. The molecule has 2 rings (SSSR count). The summed E-state index contributed by atoms with van der Waals surface area (Å²) < 4.78 is 1.66. The monoisotopic (exact) mass is 265 g/mol. The summed E-state index contributed by atoms with van der Waals surface area (Å²) in [7, 11) is 0. The SMILES string of the molecule is CC.CC.CCn1ccc2[nH]c(C(C)C)nc2c1=O. The fraction of sp³-hybridized carbons (Fsp3) is 0.600. The number of imidazole rings is 1. The van der Waals surface area contributed by atoms with Gasteiger partial charge in [-0.15, -0.1) is 0 Å². The molecule has 0 radical (unpaired) electrons. The third-order valence-corrected chi connectivity index (χ3v) is 2.52. The molecule has 0 aromatic carbocycles.